The summed E-state index contributed by atoms with van der Waals surface area (Å²) in [6, 6.07) is 5.56. The van der Waals surface area contributed by atoms with Crippen LogP contribution in [0.15, 0.2) is 29.8 Å². The van der Waals surface area contributed by atoms with Gasteiger partial charge >= 0.3 is 11.9 Å². The third kappa shape index (κ3) is 4.24. The average Bonchev–Trinajstić information content (AvgIpc) is 3.21. The Labute approximate surface area is 215 Å². The maximum Gasteiger partial charge on any atom is 0.310 e. The van der Waals surface area contributed by atoms with E-state index in [1.54, 1.807) is 13.2 Å². The van der Waals surface area contributed by atoms with E-state index in [1.165, 1.54) is 12.5 Å². The smallest absolute Gasteiger partial charge is 0.310 e. The van der Waals surface area contributed by atoms with Crippen LogP contribution in [-0.2, 0) is 19.1 Å². The van der Waals surface area contributed by atoms with Gasteiger partial charge in [-0.1, -0.05) is 31.6 Å². The van der Waals surface area contributed by atoms with E-state index >= 15 is 0 Å². The Morgan fingerprint density at radius 2 is 1.89 bits per heavy atom. The molecule has 0 amide bonds. The fourth-order valence-electron chi connectivity index (χ4n) is 8.44. The quantitative estimate of drug-likeness (QED) is 0.357. The summed E-state index contributed by atoms with van der Waals surface area (Å²) in [6.45, 7) is 8.20. The highest BCUT2D eigenvalue weighted by Gasteiger charge is 2.60. The van der Waals surface area contributed by atoms with Crippen molar-refractivity contribution in [2.75, 3.05) is 7.11 Å². The molecule has 8 atom stereocenters. The highest BCUT2D eigenvalue weighted by Crippen LogP contribution is 2.66. The van der Waals surface area contributed by atoms with Crippen molar-refractivity contribution >= 4 is 11.9 Å². The number of aromatic nitrogens is 1. The first-order chi connectivity index (χ1) is 17.2. The second-order valence-corrected chi connectivity index (χ2v) is 12.1. The lowest BCUT2D eigenvalue weighted by Crippen LogP contribution is -2.51. The molecular weight excluding hydrogens is 454 g/mol. The zero-order chi connectivity index (χ0) is 25.7. The van der Waals surface area contributed by atoms with E-state index in [9.17, 15) is 9.59 Å². The highest BCUT2D eigenvalue weighted by atomic mass is 16.5. The molecule has 0 unspecified atom stereocenters. The van der Waals surface area contributed by atoms with E-state index in [-0.39, 0.29) is 34.8 Å². The van der Waals surface area contributed by atoms with Crippen molar-refractivity contribution in [2.24, 2.45) is 34.5 Å². The predicted octanol–water partition coefficient (Wildman–Crippen LogP) is 6.21. The van der Waals surface area contributed by atoms with E-state index in [0.29, 0.717) is 29.3 Å². The maximum atomic E-state index is 13.5. The topological polar surface area (TPSA) is 74.7 Å². The molecule has 0 bridgehead atoms. The number of hydrogen-bond acceptors (Lipinski definition) is 6. The lowest BCUT2D eigenvalue weighted by atomic mass is 9.47. The van der Waals surface area contributed by atoms with Gasteiger partial charge in [-0.25, -0.2) is 4.98 Å². The van der Waals surface area contributed by atoms with Gasteiger partial charge in [0.1, 0.15) is 12.2 Å². The van der Waals surface area contributed by atoms with Gasteiger partial charge in [0.05, 0.1) is 18.7 Å². The molecule has 4 aliphatic rings. The van der Waals surface area contributed by atoms with E-state index in [2.05, 4.69) is 24.9 Å². The number of carbonyl (C=O) groups is 2. The summed E-state index contributed by atoms with van der Waals surface area (Å²) in [4.78, 5) is 29.5. The molecule has 4 aliphatic carbocycles. The summed E-state index contributed by atoms with van der Waals surface area (Å²) in [5, 5.41) is 0. The molecule has 5 rings (SSSR count). The van der Waals surface area contributed by atoms with E-state index < -0.39 is 6.10 Å². The zero-order valence-electron chi connectivity index (χ0n) is 22.4. The molecule has 0 saturated heterocycles. The van der Waals surface area contributed by atoms with Crippen molar-refractivity contribution in [3.05, 3.63) is 35.5 Å². The minimum Gasteiger partial charge on any atom is -0.481 e. The summed E-state index contributed by atoms with van der Waals surface area (Å²) in [5.74, 6) is 2.01. The molecule has 6 heteroatoms. The molecule has 0 spiro atoms. The first kappa shape index (κ1) is 25.3. The lowest BCUT2D eigenvalue weighted by Gasteiger charge is -2.57. The molecule has 0 aromatic carbocycles. The molecule has 3 fully saturated rings. The van der Waals surface area contributed by atoms with Gasteiger partial charge in [-0.15, -0.1) is 0 Å². The van der Waals surface area contributed by atoms with Gasteiger partial charge in [0.2, 0.25) is 5.88 Å². The lowest BCUT2D eigenvalue weighted by molar-refractivity contribution is -0.161. The first-order valence-electron chi connectivity index (χ1n) is 13.7. The van der Waals surface area contributed by atoms with Crippen molar-refractivity contribution < 1.29 is 23.8 Å². The Hall–Kier alpha value is -2.37. The van der Waals surface area contributed by atoms with Crippen molar-refractivity contribution in [1.82, 2.24) is 4.98 Å². The molecule has 1 aromatic heterocycles. The van der Waals surface area contributed by atoms with Crippen LogP contribution < -0.4 is 4.74 Å². The van der Waals surface area contributed by atoms with Crippen LogP contribution in [0.1, 0.15) is 90.9 Å². The number of nitrogens with zero attached hydrogens (tertiary/aromatic N) is 1. The van der Waals surface area contributed by atoms with Gasteiger partial charge in [-0.3, -0.25) is 9.59 Å². The van der Waals surface area contributed by atoms with Gasteiger partial charge in [-0.05, 0) is 86.5 Å². The van der Waals surface area contributed by atoms with Crippen LogP contribution in [0.2, 0.25) is 0 Å². The Kier molecular flexibility index (Phi) is 6.67. The fourth-order valence-corrected chi connectivity index (χ4v) is 8.44. The third-order valence-corrected chi connectivity index (χ3v) is 10.3. The van der Waals surface area contributed by atoms with Gasteiger partial charge in [-0.2, -0.15) is 0 Å². The summed E-state index contributed by atoms with van der Waals surface area (Å²) in [7, 11) is 1.59. The molecule has 6 nitrogen and oxygen atoms in total. The van der Waals surface area contributed by atoms with Gasteiger partial charge in [0.15, 0.2) is 0 Å². The summed E-state index contributed by atoms with van der Waals surface area (Å²) in [6.07, 6.45) is 10.3. The Morgan fingerprint density at radius 1 is 1.08 bits per heavy atom. The number of esters is 2. The number of rotatable bonds is 5. The Balaban J connectivity index is 1.30. The van der Waals surface area contributed by atoms with Crippen LogP contribution in [-0.4, -0.2) is 30.1 Å². The summed E-state index contributed by atoms with van der Waals surface area (Å²) >= 11 is 0. The molecule has 1 heterocycles. The van der Waals surface area contributed by atoms with Crippen molar-refractivity contribution in [1.29, 1.82) is 0 Å². The van der Waals surface area contributed by atoms with Crippen LogP contribution in [0.25, 0.3) is 0 Å². The number of hydrogen-bond donors (Lipinski definition) is 0. The molecule has 1 aromatic rings. The largest absolute Gasteiger partial charge is 0.481 e. The number of allylic oxidation sites excluding steroid dienone is 1. The highest BCUT2D eigenvalue weighted by molar-refractivity contribution is 5.74. The SMILES string of the molecule is COc1cccc([C@@H](C)OC(=O)[C@H]2CC[C@H]3[C@@H]4CC=C5C[C@@H](OC(C)=O)CC[C@]5(C)[C@H]4CC[C@]23C)n1. The summed E-state index contributed by atoms with van der Waals surface area (Å²) < 4.78 is 16.8. The van der Waals surface area contributed by atoms with Crippen LogP contribution in [0.4, 0.5) is 0 Å². The van der Waals surface area contributed by atoms with Crippen LogP contribution in [0, 0.1) is 34.5 Å². The van der Waals surface area contributed by atoms with Crippen molar-refractivity contribution in [3.8, 4) is 5.88 Å². The molecule has 36 heavy (non-hydrogen) atoms. The van der Waals surface area contributed by atoms with Crippen LogP contribution in [0.5, 0.6) is 5.88 Å². The monoisotopic (exact) mass is 495 g/mol. The second-order valence-electron chi connectivity index (χ2n) is 12.1. The van der Waals surface area contributed by atoms with E-state index in [1.807, 2.05) is 19.1 Å². The normalized spacial score (nSPS) is 38.0. The van der Waals surface area contributed by atoms with Gasteiger partial charge in [0.25, 0.3) is 0 Å². The third-order valence-electron chi connectivity index (χ3n) is 10.3. The molecule has 0 N–H and O–H groups in total. The number of carbonyl (C=O) groups excluding carboxylic acids is 2. The van der Waals surface area contributed by atoms with E-state index in [0.717, 1.165) is 51.4 Å². The zero-order valence-corrected chi connectivity index (χ0v) is 22.4. The standard InChI is InChI=1S/C30H41NO5/c1-18(26-7-6-8-27(31-26)34-5)35-28(33)25-12-11-23-22-10-9-20-17-21(36-19(2)32)13-15-29(20,3)24(22)14-16-30(23,25)4/h6-9,18,21-25H,10-17H2,1-5H3/t18-,21+,22+,23+,24+,25-,29+,30+/m1/s1. The molecule has 0 aliphatic heterocycles. The van der Waals surface area contributed by atoms with Gasteiger partial charge in [0, 0.05) is 19.4 Å². The number of fused-ring (bicyclic) bond motifs is 5. The van der Waals surface area contributed by atoms with Crippen molar-refractivity contribution in [3.63, 3.8) is 0 Å². The Bertz CT molecular complexity index is 1050. The average molecular weight is 496 g/mol. The van der Waals surface area contributed by atoms with E-state index in [4.69, 9.17) is 14.2 Å². The second kappa shape index (κ2) is 9.50. The summed E-state index contributed by atoms with van der Waals surface area (Å²) in [5.41, 5.74) is 2.38. The minimum absolute atomic E-state index is 0.0174. The first-order valence-corrected chi connectivity index (χ1v) is 13.7. The molecule has 0 radical (unpaired) electrons. The molecule has 3 saturated carbocycles. The van der Waals surface area contributed by atoms with Crippen molar-refractivity contribution in [2.45, 2.75) is 91.3 Å². The predicted molar refractivity (Wildman–Crippen MR) is 136 cm³/mol. The minimum atomic E-state index is -0.405. The van der Waals surface area contributed by atoms with Gasteiger partial charge < -0.3 is 14.2 Å². The number of ether oxygens (including phenoxy) is 3. The molecular formula is C30H41NO5. The van der Waals surface area contributed by atoms with Crippen LogP contribution in [0.3, 0.4) is 0 Å². The number of pyridine rings is 1. The maximum absolute atomic E-state index is 13.5. The number of methoxy groups -OCH3 is 1. The molecule has 196 valence electrons. The Morgan fingerprint density at radius 3 is 2.64 bits per heavy atom. The fraction of sp³-hybridized carbons (Fsp3) is 0.700. The van der Waals surface area contributed by atoms with Crippen LogP contribution >= 0.6 is 0 Å².